The number of hydrogen-bond acceptors (Lipinski definition) is 5. The van der Waals surface area contributed by atoms with Gasteiger partial charge in [-0.05, 0) is 40.2 Å². The van der Waals surface area contributed by atoms with E-state index in [4.69, 9.17) is 9.47 Å². The van der Waals surface area contributed by atoms with Crippen LogP contribution in [0.2, 0.25) is 0 Å². The van der Waals surface area contributed by atoms with E-state index in [0.717, 1.165) is 10.4 Å². The van der Waals surface area contributed by atoms with E-state index in [0.29, 0.717) is 11.4 Å². The number of fused-ring (bicyclic) bond motifs is 1. The highest BCUT2D eigenvalue weighted by atomic mass is 32.1. The highest BCUT2D eigenvalue weighted by Gasteiger charge is 2.32. The Hall–Kier alpha value is -1.60. The van der Waals surface area contributed by atoms with E-state index < -0.39 is 17.7 Å². The standard InChI is InChI=1S/C15H21NO5S/c1-7-6-9-10(13(17)18)12(22-11(9)8(2)20-7)16-14(19)21-15(3,4)5/h7-8H,6H2,1-5H3,(H,16,19)(H,17,18). The zero-order valence-electron chi connectivity index (χ0n) is 13.4. The van der Waals surface area contributed by atoms with Crippen molar-refractivity contribution in [2.75, 3.05) is 5.32 Å². The van der Waals surface area contributed by atoms with Crippen LogP contribution in [0.25, 0.3) is 0 Å². The Morgan fingerprint density at radius 3 is 2.55 bits per heavy atom. The molecule has 22 heavy (non-hydrogen) atoms. The molecule has 1 aromatic heterocycles. The van der Waals surface area contributed by atoms with Gasteiger partial charge in [-0.25, -0.2) is 9.59 Å². The highest BCUT2D eigenvalue weighted by Crippen LogP contribution is 2.42. The van der Waals surface area contributed by atoms with Gasteiger partial charge in [0.1, 0.15) is 10.6 Å². The summed E-state index contributed by atoms with van der Waals surface area (Å²) in [6, 6.07) is 0. The van der Waals surface area contributed by atoms with Crippen LogP contribution in [-0.2, 0) is 15.9 Å². The van der Waals surface area contributed by atoms with Gasteiger partial charge in [-0.1, -0.05) is 0 Å². The predicted molar refractivity (Wildman–Crippen MR) is 83.8 cm³/mol. The number of anilines is 1. The summed E-state index contributed by atoms with van der Waals surface area (Å²) in [5.41, 5.74) is 0.248. The monoisotopic (exact) mass is 327 g/mol. The Bertz CT molecular complexity index is 602. The number of aromatic carboxylic acids is 1. The fourth-order valence-corrected chi connectivity index (χ4v) is 3.67. The van der Waals surface area contributed by atoms with Gasteiger partial charge in [0, 0.05) is 11.3 Å². The zero-order chi connectivity index (χ0) is 16.7. The van der Waals surface area contributed by atoms with Crippen molar-refractivity contribution >= 4 is 28.4 Å². The molecule has 0 bridgehead atoms. The number of rotatable bonds is 2. The second-order valence-corrected chi connectivity index (χ2v) is 7.43. The summed E-state index contributed by atoms with van der Waals surface area (Å²) in [5.74, 6) is -1.05. The summed E-state index contributed by atoms with van der Waals surface area (Å²) >= 11 is 1.24. The van der Waals surface area contributed by atoms with Crippen LogP contribution in [0.15, 0.2) is 0 Å². The van der Waals surface area contributed by atoms with Crippen LogP contribution in [0, 0.1) is 0 Å². The lowest BCUT2D eigenvalue weighted by Gasteiger charge is -2.25. The van der Waals surface area contributed by atoms with Crippen molar-refractivity contribution in [2.45, 2.75) is 58.8 Å². The molecule has 0 radical (unpaired) electrons. The van der Waals surface area contributed by atoms with E-state index in [9.17, 15) is 14.7 Å². The molecule has 1 aromatic rings. The molecule has 122 valence electrons. The third-order valence-corrected chi connectivity index (χ3v) is 4.47. The third-order valence-electron chi connectivity index (χ3n) is 3.16. The average Bonchev–Trinajstić information content (AvgIpc) is 2.64. The lowest BCUT2D eigenvalue weighted by Crippen LogP contribution is -2.27. The molecule has 1 amide bonds. The normalized spacial score (nSPS) is 21.1. The first-order chi connectivity index (χ1) is 10.1. The molecule has 0 saturated carbocycles. The average molecular weight is 327 g/mol. The number of carboxylic acid groups (broad SMARTS) is 1. The molecule has 2 heterocycles. The summed E-state index contributed by atoms with van der Waals surface area (Å²) in [5, 5.41) is 12.4. The summed E-state index contributed by atoms with van der Waals surface area (Å²) < 4.78 is 10.9. The summed E-state index contributed by atoms with van der Waals surface area (Å²) in [4.78, 5) is 24.4. The maximum absolute atomic E-state index is 11.9. The predicted octanol–water partition coefficient (Wildman–Crippen LogP) is 3.82. The Labute approximate surface area is 133 Å². The number of hydrogen-bond donors (Lipinski definition) is 2. The SMILES string of the molecule is CC1Cc2c(sc(NC(=O)OC(C)(C)C)c2C(=O)O)C(C)O1. The van der Waals surface area contributed by atoms with E-state index >= 15 is 0 Å². The fourth-order valence-electron chi connectivity index (χ4n) is 2.47. The number of thiophene rings is 1. The number of nitrogens with one attached hydrogen (secondary N) is 1. The van der Waals surface area contributed by atoms with Gasteiger partial charge in [-0.3, -0.25) is 5.32 Å². The molecule has 1 aliphatic heterocycles. The first-order valence-corrected chi connectivity index (χ1v) is 7.94. The van der Waals surface area contributed by atoms with E-state index in [1.54, 1.807) is 20.8 Å². The quantitative estimate of drug-likeness (QED) is 0.862. The molecule has 0 spiro atoms. The van der Waals surface area contributed by atoms with Crippen molar-refractivity contribution in [2.24, 2.45) is 0 Å². The minimum atomic E-state index is -1.05. The summed E-state index contributed by atoms with van der Waals surface area (Å²) in [7, 11) is 0. The van der Waals surface area contributed by atoms with Crippen molar-refractivity contribution in [3.63, 3.8) is 0 Å². The van der Waals surface area contributed by atoms with Gasteiger partial charge >= 0.3 is 12.1 Å². The van der Waals surface area contributed by atoms with Gasteiger partial charge in [0.15, 0.2) is 0 Å². The maximum atomic E-state index is 11.9. The van der Waals surface area contributed by atoms with Crippen LogP contribution in [0.3, 0.4) is 0 Å². The van der Waals surface area contributed by atoms with Gasteiger partial charge in [0.25, 0.3) is 0 Å². The molecule has 2 unspecified atom stereocenters. The molecule has 1 aliphatic rings. The molecule has 2 rings (SSSR count). The van der Waals surface area contributed by atoms with Gasteiger partial charge < -0.3 is 14.6 Å². The molecule has 0 aromatic carbocycles. The second kappa shape index (κ2) is 5.89. The fraction of sp³-hybridized carbons (Fsp3) is 0.600. The topological polar surface area (TPSA) is 84.9 Å². The van der Waals surface area contributed by atoms with Crippen molar-refractivity contribution in [3.05, 3.63) is 16.0 Å². The molecular weight excluding hydrogens is 306 g/mol. The largest absolute Gasteiger partial charge is 0.478 e. The van der Waals surface area contributed by atoms with Gasteiger partial charge in [0.05, 0.1) is 17.8 Å². The Morgan fingerprint density at radius 2 is 2.00 bits per heavy atom. The Morgan fingerprint density at radius 1 is 1.36 bits per heavy atom. The van der Waals surface area contributed by atoms with E-state index in [-0.39, 0.29) is 17.8 Å². The van der Waals surface area contributed by atoms with Crippen LogP contribution < -0.4 is 5.32 Å². The Kier molecular flexibility index (Phi) is 4.49. The number of carbonyl (C=O) groups excluding carboxylic acids is 1. The highest BCUT2D eigenvalue weighted by molar-refractivity contribution is 7.17. The Balaban J connectivity index is 2.34. The van der Waals surface area contributed by atoms with Crippen LogP contribution in [-0.4, -0.2) is 28.9 Å². The smallest absolute Gasteiger partial charge is 0.412 e. The lowest BCUT2D eigenvalue weighted by atomic mass is 9.99. The number of carboxylic acids is 1. The van der Waals surface area contributed by atoms with Gasteiger partial charge in [-0.15, -0.1) is 11.3 Å². The van der Waals surface area contributed by atoms with Crippen molar-refractivity contribution < 1.29 is 24.2 Å². The van der Waals surface area contributed by atoms with Gasteiger partial charge in [-0.2, -0.15) is 0 Å². The van der Waals surface area contributed by atoms with Crippen LogP contribution >= 0.6 is 11.3 Å². The number of amides is 1. The molecule has 2 atom stereocenters. The molecule has 0 aliphatic carbocycles. The number of carbonyl (C=O) groups is 2. The second-order valence-electron chi connectivity index (χ2n) is 6.37. The van der Waals surface area contributed by atoms with Crippen molar-refractivity contribution in [1.29, 1.82) is 0 Å². The lowest BCUT2D eigenvalue weighted by molar-refractivity contribution is -0.00239. The first kappa shape index (κ1) is 16.8. The minimum Gasteiger partial charge on any atom is -0.478 e. The van der Waals surface area contributed by atoms with Crippen molar-refractivity contribution in [3.8, 4) is 0 Å². The third kappa shape index (κ3) is 3.59. The van der Waals surface area contributed by atoms with Gasteiger partial charge in [0.2, 0.25) is 0 Å². The van der Waals surface area contributed by atoms with Crippen LogP contribution in [0.1, 0.15) is 61.5 Å². The maximum Gasteiger partial charge on any atom is 0.412 e. The molecule has 0 fully saturated rings. The van der Waals surface area contributed by atoms with Crippen LogP contribution in [0.5, 0.6) is 0 Å². The molecule has 6 nitrogen and oxygen atoms in total. The summed E-state index contributed by atoms with van der Waals surface area (Å²) in [6.07, 6.45) is -0.371. The minimum absolute atomic E-state index is 0.0513. The first-order valence-electron chi connectivity index (χ1n) is 7.12. The summed E-state index contributed by atoms with van der Waals surface area (Å²) in [6.45, 7) is 9.04. The zero-order valence-corrected chi connectivity index (χ0v) is 14.2. The van der Waals surface area contributed by atoms with Crippen LogP contribution in [0.4, 0.5) is 9.80 Å². The molecule has 2 N–H and O–H groups in total. The molecule has 7 heteroatoms. The molecule has 0 saturated heterocycles. The van der Waals surface area contributed by atoms with E-state index in [2.05, 4.69) is 5.32 Å². The van der Waals surface area contributed by atoms with Crippen molar-refractivity contribution in [1.82, 2.24) is 0 Å². The molecular formula is C15H21NO5S. The number of ether oxygens (including phenoxy) is 2. The van der Waals surface area contributed by atoms with E-state index in [1.807, 2.05) is 13.8 Å². The van der Waals surface area contributed by atoms with E-state index in [1.165, 1.54) is 11.3 Å².